The predicted molar refractivity (Wildman–Crippen MR) is 108 cm³/mol. The van der Waals surface area contributed by atoms with E-state index in [4.69, 9.17) is 23.7 Å². The van der Waals surface area contributed by atoms with Gasteiger partial charge < -0.3 is 29.0 Å². The molecule has 0 aliphatic rings. The van der Waals surface area contributed by atoms with Crippen molar-refractivity contribution in [2.24, 2.45) is 0 Å². The van der Waals surface area contributed by atoms with Crippen LogP contribution in [0, 0.1) is 0 Å². The van der Waals surface area contributed by atoms with Gasteiger partial charge in [-0.15, -0.1) is 0 Å². The van der Waals surface area contributed by atoms with E-state index < -0.39 is 18.5 Å². The van der Waals surface area contributed by atoms with Crippen molar-refractivity contribution in [2.75, 3.05) is 40.4 Å². The fourth-order valence-electron chi connectivity index (χ4n) is 2.41. The number of rotatable bonds is 9. The molecule has 0 bridgehead atoms. The molecule has 0 radical (unpaired) electrons. The van der Waals surface area contributed by atoms with Crippen LogP contribution in [-0.4, -0.2) is 46.9 Å². The lowest BCUT2D eigenvalue weighted by Crippen LogP contribution is -2.20. The molecule has 0 unspecified atom stereocenters. The minimum absolute atomic E-state index is 0.390. The largest absolute Gasteiger partial charge is 0.497 e. The number of ether oxygens (including phenoxy) is 5. The first kappa shape index (κ1) is 21.6. The highest BCUT2D eigenvalue weighted by Crippen LogP contribution is 2.39. The summed E-state index contributed by atoms with van der Waals surface area (Å²) in [5.41, 5.74) is 1.21. The Kier molecular flexibility index (Phi) is 7.90. The van der Waals surface area contributed by atoms with Crippen LogP contribution in [0.1, 0.15) is 5.56 Å². The van der Waals surface area contributed by atoms with Crippen LogP contribution in [0.15, 0.2) is 42.5 Å². The van der Waals surface area contributed by atoms with E-state index in [2.05, 4.69) is 5.32 Å². The molecule has 0 aromatic heterocycles. The van der Waals surface area contributed by atoms with E-state index in [0.717, 1.165) is 5.56 Å². The second-order valence-electron chi connectivity index (χ2n) is 5.68. The summed E-state index contributed by atoms with van der Waals surface area (Å²) >= 11 is 0. The SMILES string of the molecule is COc1ccc(/C=C/C(=O)OCC(=O)Nc2cc(OC)c(OC)c(OC)c2)cc1. The molecule has 0 aliphatic carbocycles. The summed E-state index contributed by atoms with van der Waals surface area (Å²) in [7, 11) is 6.00. The van der Waals surface area contributed by atoms with Gasteiger partial charge in [0.15, 0.2) is 18.1 Å². The van der Waals surface area contributed by atoms with Crippen molar-refractivity contribution >= 4 is 23.6 Å². The first-order valence-electron chi connectivity index (χ1n) is 8.59. The summed E-state index contributed by atoms with van der Waals surface area (Å²) in [5.74, 6) is 0.755. The first-order valence-corrected chi connectivity index (χ1v) is 8.59. The molecule has 0 fully saturated rings. The number of hydrogen-bond acceptors (Lipinski definition) is 7. The van der Waals surface area contributed by atoms with Crippen molar-refractivity contribution in [3.05, 3.63) is 48.0 Å². The van der Waals surface area contributed by atoms with Gasteiger partial charge in [0.2, 0.25) is 5.75 Å². The fourth-order valence-corrected chi connectivity index (χ4v) is 2.41. The number of esters is 1. The number of anilines is 1. The summed E-state index contributed by atoms with van der Waals surface area (Å²) < 4.78 is 25.7. The Morgan fingerprint density at radius 2 is 1.52 bits per heavy atom. The maximum atomic E-state index is 12.1. The summed E-state index contributed by atoms with van der Waals surface area (Å²) in [6, 6.07) is 10.3. The van der Waals surface area contributed by atoms with Gasteiger partial charge in [-0.3, -0.25) is 4.79 Å². The van der Waals surface area contributed by atoms with Gasteiger partial charge >= 0.3 is 5.97 Å². The number of benzene rings is 2. The van der Waals surface area contributed by atoms with Gasteiger partial charge in [-0.25, -0.2) is 4.79 Å². The van der Waals surface area contributed by atoms with Gasteiger partial charge in [0.05, 0.1) is 28.4 Å². The normalized spacial score (nSPS) is 10.3. The minimum atomic E-state index is -0.638. The Hall–Kier alpha value is -3.68. The Bertz CT molecular complexity index is 850. The van der Waals surface area contributed by atoms with Crippen LogP contribution in [0.2, 0.25) is 0 Å². The van der Waals surface area contributed by atoms with Crippen LogP contribution in [0.3, 0.4) is 0 Å². The van der Waals surface area contributed by atoms with Gasteiger partial charge in [0, 0.05) is 23.9 Å². The molecule has 154 valence electrons. The van der Waals surface area contributed by atoms with Crippen molar-refractivity contribution in [2.45, 2.75) is 0 Å². The molecule has 29 heavy (non-hydrogen) atoms. The van der Waals surface area contributed by atoms with Gasteiger partial charge in [-0.2, -0.15) is 0 Å². The number of hydrogen-bond donors (Lipinski definition) is 1. The van der Waals surface area contributed by atoms with E-state index in [9.17, 15) is 9.59 Å². The average Bonchev–Trinajstić information content (AvgIpc) is 2.75. The van der Waals surface area contributed by atoms with Gasteiger partial charge in [0.1, 0.15) is 5.75 Å². The molecule has 0 atom stereocenters. The van der Waals surface area contributed by atoms with E-state index in [0.29, 0.717) is 28.7 Å². The van der Waals surface area contributed by atoms with Crippen molar-refractivity contribution in [3.63, 3.8) is 0 Å². The van der Waals surface area contributed by atoms with E-state index >= 15 is 0 Å². The topological polar surface area (TPSA) is 92.3 Å². The maximum Gasteiger partial charge on any atom is 0.331 e. The molecule has 1 N–H and O–H groups in total. The maximum absolute atomic E-state index is 12.1. The molecule has 0 saturated carbocycles. The Morgan fingerprint density at radius 1 is 0.897 bits per heavy atom. The van der Waals surface area contributed by atoms with E-state index in [1.807, 2.05) is 0 Å². The van der Waals surface area contributed by atoms with Gasteiger partial charge in [-0.05, 0) is 23.8 Å². The summed E-state index contributed by atoms with van der Waals surface area (Å²) in [6.45, 7) is -0.442. The standard InChI is InChI=1S/C21H23NO7/c1-25-16-8-5-14(6-9-16)7-10-20(24)29-13-19(23)22-15-11-17(26-2)21(28-4)18(12-15)27-3/h5-12H,13H2,1-4H3,(H,22,23)/b10-7+. The number of amides is 1. The lowest BCUT2D eigenvalue weighted by atomic mass is 10.2. The molecule has 2 aromatic rings. The molecule has 8 heteroatoms. The van der Waals surface area contributed by atoms with Crippen LogP contribution in [0.4, 0.5) is 5.69 Å². The average molecular weight is 401 g/mol. The van der Waals surface area contributed by atoms with Gasteiger partial charge in [0.25, 0.3) is 5.91 Å². The molecule has 0 saturated heterocycles. The zero-order valence-electron chi connectivity index (χ0n) is 16.7. The zero-order chi connectivity index (χ0) is 21.2. The van der Waals surface area contributed by atoms with Crippen LogP contribution < -0.4 is 24.3 Å². The number of nitrogens with one attached hydrogen (secondary N) is 1. The quantitative estimate of drug-likeness (QED) is 0.510. The summed E-state index contributed by atoms with van der Waals surface area (Å²) in [4.78, 5) is 23.9. The van der Waals surface area contributed by atoms with Crippen LogP contribution in [-0.2, 0) is 14.3 Å². The molecular weight excluding hydrogens is 378 g/mol. The summed E-state index contributed by atoms with van der Waals surface area (Å²) in [6.07, 6.45) is 2.83. The van der Waals surface area contributed by atoms with E-state index in [-0.39, 0.29) is 0 Å². The highest BCUT2D eigenvalue weighted by atomic mass is 16.5. The number of methoxy groups -OCH3 is 4. The van der Waals surface area contributed by atoms with Crippen molar-refractivity contribution in [1.82, 2.24) is 0 Å². The number of carbonyl (C=O) groups excluding carboxylic acids is 2. The molecule has 0 aliphatic heterocycles. The smallest absolute Gasteiger partial charge is 0.331 e. The zero-order valence-corrected chi connectivity index (χ0v) is 16.7. The van der Waals surface area contributed by atoms with Crippen molar-refractivity contribution < 1.29 is 33.3 Å². The molecule has 1 amide bonds. The highest BCUT2D eigenvalue weighted by molar-refractivity contribution is 5.95. The van der Waals surface area contributed by atoms with Crippen LogP contribution in [0.5, 0.6) is 23.0 Å². The van der Waals surface area contributed by atoms with Crippen LogP contribution in [0.25, 0.3) is 6.08 Å². The molecule has 2 rings (SSSR count). The Morgan fingerprint density at radius 3 is 2.03 bits per heavy atom. The van der Waals surface area contributed by atoms with Crippen LogP contribution >= 0.6 is 0 Å². The van der Waals surface area contributed by atoms with Gasteiger partial charge in [-0.1, -0.05) is 12.1 Å². The Labute approximate surface area is 169 Å². The number of carbonyl (C=O) groups is 2. The first-order chi connectivity index (χ1) is 14.0. The predicted octanol–water partition coefficient (Wildman–Crippen LogP) is 2.92. The lowest BCUT2D eigenvalue weighted by molar-refractivity contribution is -0.142. The molecular formula is C21H23NO7. The fraction of sp³-hybridized carbons (Fsp3) is 0.238. The lowest BCUT2D eigenvalue weighted by Gasteiger charge is -2.14. The molecule has 2 aromatic carbocycles. The third kappa shape index (κ3) is 6.17. The molecule has 8 nitrogen and oxygen atoms in total. The third-order valence-corrected chi connectivity index (χ3v) is 3.82. The second-order valence-corrected chi connectivity index (χ2v) is 5.68. The molecule has 0 spiro atoms. The Balaban J connectivity index is 1.92. The molecule has 0 heterocycles. The van der Waals surface area contributed by atoms with E-state index in [1.54, 1.807) is 49.6 Å². The third-order valence-electron chi connectivity index (χ3n) is 3.82. The monoisotopic (exact) mass is 401 g/mol. The minimum Gasteiger partial charge on any atom is -0.497 e. The summed E-state index contributed by atoms with van der Waals surface area (Å²) in [5, 5.41) is 2.61. The second kappa shape index (κ2) is 10.6. The van der Waals surface area contributed by atoms with E-state index in [1.165, 1.54) is 27.4 Å². The van der Waals surface area contributed by atoms with Crippen molar-refractivity contribution in [1.29, 1.82) is 0 Å². The highest BCUT2D eigenvalue weighted by Gasteiger charge is 2.15. The van der Waals surface area contributed by atoms with Crippen molar-refractivity contribution in [3.8, 4) is 23.0 Å².